The van der Waals surface area contributed by atoms with Crippen molar-refractivity contribution in [3.05, 3.63) is 178 Å². The zero-order valence-corrected chi connectivity index (χ0v) is 55.2. The number of carbonyl (C=O) groups excluding carboxylic acids is 12. The maximum atomic E-state index is 13.1. The standard InChI is InChI=1S/C34H31N3O11.C20H13NO5.C18H23N3O9/c38-21-2-5-24-27(18-21)47-28-19-22(39)3-6-25(28)34(24)26-17-20(1-4-23(26)33(44)48-34)36-30(41)10-13-45-15-16-46-14-11-35-29(40)9-12-37-31(42)7-8-32(37)43;21-10-1-4-13-16(7-10)20(26-19(13)24)14-5-2-11(22)8-17(14)25-18-9-12(23)3-6-15(18)20;22-13(5-8-20-14(23)1-2-15(20)24)19-7-10-29-12-11-28-9-6-18(27)30-21-16(25)3-4-17(21)26/h1-8,17-19,38-39H,9-16H2,(H,35,40)(H,36,41);1-9,22-23H,21H2;1-2H,3-12H2,(H,19,22). The lowest BCUT2D eigenvalue weighted by atomic mass is 9.77. The Bertz CT molecular complexity index is 4380. The van der Waals surface area contributed by atoms with Crippen LogP contribution in [0, 0.1) is 0 Å². The fraction of sp³-hybridized carbons (Fsp3) is 0.278. The SMILES string of the molecule is Nc1ccc2c(c1)C1(OC2=O)c2ccc(O)cc2Oc2cc(O)ccc21.O=C(CCN1C(=O)C=CC1=O)NCCOCCOCCC(=O)Nc1ccc2c(c1)C1(OC2=O)c2ccc(O)cc2Oc2cc(O)ccc21.O=C(CCN1C(=O)C=CC1=O)NCCOCCOCCC(=O)ON1C(=O)CCC1=O. The maximum absolute atomic E-state index is 13.1. The Kier molecular flexibility index (Phi) is 22.4. The van der Waals surface area contributed by atoms with E-state index in [-0.39, 0.29) is 170 Å². The summed E-state index contributed by atoms with van der Waals surface area (Å²) in [4.78, 5) is 149. The first kappa shape index (κ1) is 72.7. The van der Waals surface area contributed by atoms with E-state index in [2.05, 4.69) is 20.8 Å². The molecule has 7 aliphatic heterocycles. The molecule has 13 rings (SSSR count). The summed E-state index contributed by atoms with van der Waals surface area (Å²) in [5, 5.41) is 48.5. The van der Waals surface area contributed by atoms with Gasteiger partial charge in [-0.1, -0.05) is 0 Å². The average molecular weight is 1430 g/mol. The van der Waals surface area contributed by atoms with Crippen molar-refractivity contribution in [3.8, 4) is 46.0 Å². The summed E-state index contributed by atoms with van der Waals surface area (Å²) in [6.45, 7) is 2.06. The van der Waals surface area contributed by atoms with E-state index in [4.69, 9.17) is 43.6 Å². The number of nitrogens with one attached hydrogen (secondary N) is 3. The van der Waals surface area contributed by atoms with Gasteiger partial charge in [0.15, 0.2) is 11.2 Å². The molecule has 32 heteroatoms. The number of carbonyl (C=O) groups is 12. The van der Waals surface area contributed by atoms with Gasteiger partial charge in [-0.15, -0.1) is 5.06 Å². The van der Waals surface area contributed by atoms with Crippen LogP contribution < -0.4 is 31.2 Å². The molecule has 0 unspecified atom stereocenters. The summed E-state index contributed by atoms with van der Waals surface area (Å²) in [6, 6.07) is 28.0. The molecule has 6 aromatic rings. The van der Waals surface area contributed by atoms with Crippen LogP contribution in [0.5, 0.6) is 46.0 Å². The molecule has 32 nitrogen and oxygen atoms in total. The molecular weight excluding hydrogens is 1360 g/mol. The van der Waals surface area contributed by atoms with Gasteiger partial charge in [0.2, 0.25) is 17.7 Å². The third kappa shape index (κ3) is 16.1. The summed E-state index contributed by atoms with van der Waals surface area (Å²) < 4.78 is 45.2. The lowest BCUT2D eigenvalue weighted by Gasteiger charge is -2.36. The Balaban J connectivity index is 0.000000166. The van der Waals surface area contributed by atoms with E-state index in [1.54, 1.807) is 60.7 Å². The number of hydrogen-bond acceptors (Lipinski definition) is 26. The smallest absolute Gasteiger partial charge is 0.340 e. The van der Waals surface area contributed by atoms with E-state index in [1.807, 2.05) is 0 Å². The Hall–Kier alpha value is -12.5. The van der Waals surface area contributed by atoms with Gasteiger partial charge in [-0.3, -0.25) is 53.0 Å². The number of rotatable bonds is 26. The number of phenols is 4. The van der Waals surface area contributed by atoms with Gasteiger partial charge < -0.3 is 84.8 Å². The Morgan fingerprint density at radius 1 is 0.433 bits per heavy atom. The third-order valence-corrected chi connectivity index (χ3v) is 16.8. The van der Waals surface area contributed by atoms with Crippen LogP contribution >= 0.6 is 0 Å². The summed E-state index contributed by atoms with van der Waals surface area (Å²) in [5.41, 5.74) is 8.05. The van der Waals surface area contributed by atoms with E-state index in [0.717, 1.165) is 22.0 Å². The molecule has 1 fully saturated rings. The molecule has 0 aromatic heterocycles. The third-order valence-electron chi connectivity index (χ3n) is 16.8. The van der Waals surface area contributed by atoms with Crippen LogP contribution in [0.25, 0.3) is 0 Å². The molecule has 6 aromatic carbocycles. The Morgan fingerprint density at radius 3 is 1.24 bits per heavy atom. The first-order chi connectivity index (χ1) is 50.0. The normalized spacial score (nSPS) is 15.5. The van der Waals surface area contributed by atoms with Crippen molar-refractivity contribution in [2.75, 3.05) is 90.1 Å². The number of hydroxylamine groups is 2. The second-order valence-corrected chi connectivity index (χ2v) is 23.7. The molecule has 0 bridgehead atoms. The molecule has 104 heavy (non-hydrogen) atoms. The number of nitrogens with two attached hydrogens (primary N) is 1. The lowest BCUT2D eigenvalue weighted by molar-refractivity contribution is -0.198. The number of esters is 2. The molecular formula is C72H67N7O25. The predicted octanol–water partition coefficient (Wildman–Crippen LogP) is 4.16. The van der Waals surface area contributed by atoms with Crippen molar-refractivity contribution >= 4 is 82.4 Å². The zero-order chi connectivity index (χ0) is 73.8. The number of benzene rings is 6. The number of nitrogens with zero attached hydrogens (tertiary/aromatic N) is 3. The quantitative estimate of drug-likeness (QED) is 0.0164. The number of hydrogen-bond donors (Lipinski definition) is 8. The van der Waals surface area contributed by atoms with Gasteiger partial charge >= 0.3 is 17.9 Å². The fourth-order valence-electron chi connectivity index (χ4n) is 11.9. The van der Waals surface area contributed by atoms with Gasteiger partial charge in [0, 0.05) is 145 Å². The average Bonchev–Trinajstić information content (AvgIpc) is 1.44. The predicted molar refractivity (Wildman–Crippen MR) is 356 cm³/mol. The van der Waals surface area contributed by atoms with Crippen LogP contribution in [0.15, 0.2) is 133 Å². The number of fused-ring (bicyclic) bond motifs is 12. The highest BCUT2D eigenvalue weighted by Gasteiger charge is 2.55. The number of phenolic OH excluding ortho intramolecular Hbond substituents is 4. The van der Waals surface area contributed by atoms with Crippen molar-refractivity contribution in [1.29, 1.82) is 0 Å². The highest BCUT2D eigenvalue weighted by Crippen LogP contribution is 2.59. The van der Waals surface area contributed by atoms with Crippen LogP contribution in [-0.2, 0) is 92.4 Å². The Morgan fingerprint density at radius 2 is 0.817 bits per heavy atom. The summed E-state index contributed by atoms with van der Waals surface area (Å²) in [6.07, 6.45) is 4.66. The largest absolute Gasteiger partial charge is 0.508 e. The lowest BCUT2D eigenvalue weighted by Crippen LogP contribution is -2.35. The molecule has 0 aliphatic carbocycles. The molecule has 0 radical (unpaired) electrons. The second kappa shape index (κ2) is 32.0. The second-order valence-electron chi connectivity index (χ2n) is 23.7. The highest BCUT2D eigenvalue weighted by molar-refractivity contribution is 6.14. The van der Waals surface area contributed by atoms with Crippen LogP contribution in [0.3, 0.4) is 0 Å². The van der Waals surface area contributed by atoms with Gasteiger partial charge in [-0.05, 0) is 84.9 Å². The van der Waals surface area contributed by atoms with Crippen LogP contribution in [0.4, 0.5) is 11.4 Å². The highest BCUT2D eigenvalue weighted by atomic mass is 16.7. The minimum atomic E-state index is -1.45. The number of anilines is 2. The molecule has 7 heterocycles. The fourth-order valence-corrected chi connectivity index (χ4v) is 11.9. The topological polar surface area (TPSA) is 441 Å². The van der Waals surface area contributed by atoms with Crippen LogP contribution in [0.1, 0.15) is 92.6 Å². The monoisotopic (exact) mass is 1430 g/mol. The number of imide groups is 3. The summed E-state index contributed by atoms with van der Waals surface area (Å²) in [5.74, 6) is -4.45. The van der Waals surface area contributed by atoms with Gasteiger partial charge in [0.25, 0.3) is 35.4 Å². The van der Waals surface area contributed by atoms with E-state index in [9.17, 15) is 78.0 Å². The molecule has 540 valence electrons. The molecule has 0 atom stereocenters. The zero-order valence-electron chi connectivity index (χ0n) is 55.2. The number of amides is 9. The first-order valence-electron chi connectivity index (χ1n) is 32.5. The number of ether oxygens (including phenoxy) is 8. The summed E-state index contributed by atoms with van der Waals surface area (Å²) >= 11 is 0. The molecule has 1 saturated heterocycles. The Labute approximate surface area is 590 Å². The van der Waals surface area contributed by atoms with Crippen molar-refractivity contribution in [2.24, 2.45) is 0 Å². The van der Waals surface area contributed by atoms with Crippen LogP contribution in [0.2, 0.25) is 0 Å². The number of aromatic hydroxyl groups is 4. The van der Waals surface area contributed by atoms with Gasteiger partial charge in [-0.25, -0.2) is 14.4 Å². The minimum absolute atomic E-state index is 0.00375. The number of nitrogen functional groups attached to an aromatic ring is 1. The van der Waals surface area contributed by atoms with Crippen LogP contribution in [-0.4, -0.2) is 185 Å². The van der Waals surface area contributed by atoms with Gasteiger partial charge in [-0.2, -0.15) is 0 Å². The molecule has 7 aliphatic rings. The molecule has 2 spiro atoms. The van der Waals surface area contributed by atoms with Gasteiger partial charge in [0.1, 0.15) is 46.0 Å². The molecule has 9 amide bonds. The minimum Gasteiger partial charge on any atom is -0.508 e. The molecule has 9 N–H and O–H groups in total. The van der Waals surface area contributed by atoms with E-state index in [1.165, 1.54) is 60.7 Å². The summed E-state index contributed by atoms with van der Waals surface area (Å²) in [7, 11) is 0. The van der Waals surface area contributed by atoms with E-state index in [0.29, 0.717) is 72.4 Å². The molecule has 0 saturated carbocycles. The van der Waals surface area contributed by atoms with E-state index < -0.39 is 64.6 Å². The van der Waals surface area contributed by atoms with Crippen molar-refractivity contribution in [1.82, 2.24) is 25.5 Å². The van der Waals surface area contributed by atoms with Gasteiger partial charge in [0.05, 0.1) is 76.8 Å². The maximum Gasteiger partial charge on any atom is 0.340 e. The van der Waals surface area contributed by atoms with Crippen molar-refractivity contribution in [2.45, 2.75) is 49.7 Å². The van der Waals surface area contributed by atoms with E-state index >= 15 is 0 Å². The van der Waals surface area contributed by atoms with Crippen molar-refractivity contribution < 1.29 is 121 Å². The first-order valence-corrected chi connectivity index (χ1v) is 32.5. The van der Waals surface area contributed by atoms with Crippen molar-refractivity contribution in [3.63, 3.8) is 0 Å².